The molecule has 0 spiro atoms. The predicted molar refractivity (Wildman–Crippen MR) is 111 cm³/mol. The van der Waals surface area contributed by atoms with Gasteiger partial charge in [0.15, 0.2) is 5.58 Å². The van der Waals surface area contributed by atoms with Crippen molar-refractivity contribution in [3.63, 3.8) is 0 Å². The number of amides is 1. The number of rotatable bonds is 4. The second-order valence-corrected chi connectivity index (χ2v) is 8.59. The van der Waals surface area contributed by atoms with Crippen molar-refractivity contribution in [3.8, 4) is 0 Å². The van der Waals surface area contributed by atoms with Crippen LogP contribution in [0, 0.1) is 10.1 Å². The first-order valence-electron chi connectivity index (χ1n) is 10.2. The normalized spacial score (nSPS) is 19.6. The first-order valence-corrected chi connectivity index (χ1v) is 10.2. The van der Waals surface area contributed by atoms with Crippen LogP contribution in [0.2, 0.25) is 0 Å². The summed E-state index contributed by atoms with van der Waals surface area (Å²) in [6, 6.07) is 1.51. The van der Waals surface area contributed by atoms with Crippen LogP contribution in [-0.4, -0.2) is 76.9 Å². The number of nitrogens with zero attached hydrogens (tertiary/aromatic N) is 5. The predicted octanol–water partition coefficient (Wildman–Crippen LogP) is 2.39. The van der Waals surface area contributed by atoms with E-state index in [1.54, 1.807) is 4.90 Å². The lowest BCUT2D eigenvalue weighted by Gasteiger charge is -2.24. The van der Waals surface area contributed by atoms with E-state index in [1.807, 2.05) is 25.7 Å². The summed E-state index contributed by atoms with van der Waals surface area (Å²) in [7, 11) is 0. The summed E-state index contributed by atoms with van der Waals surface area (Å²) in [5, 5.41) is 14.7. The summed E-state index contributed by atoms with van der Waals surface area (Å²) in [5.74, 6) is 0.107. The minimum Gasteiger partial charge on any atom is -0.444 e. The standard InChI is InChI=1S/C19H26N6O6/c1-19(2,3)31-18(26)24-5-4-12(11-24)20-15-13(25(27)28)10-14-16(21-15)22-17(30-14)23-6-8-29-9-7-23/h10,12H,4-9,11H2,1-3H3,(H,20,21). The van der Waals surface area contributed by atoms with Crippen molar-refractivity contribution in [2.75, 3.05) is 49.6 Å². The minimum atomic E-state index is -0.584. The average Bonchev–Trinajstić information content (AvgIpc) is 3.33. The van der Waals surface area contributed by atoms with Crippen molar-refractivity contribution in [3.05, 3.63) is 16.2 Å². The highest BCUT2D eigenvalue weighted by Gasteiger charge is 2.32. The average molecular weight is 434 g/mol. The van der Waals surface area contributed by atoms with Gasteiger partial charge in [-0.25, -0.2) is 9.78 Å². The lowest BCUT2D eigenvalue weighted by Crippen LogP contribution is -2.36. The van der Waals surface area contributed by atoms with E-state index >= 15 is 0 Å². The third-order valence-electron chi connectivity index (χ3n) is 5.01. The van der Waals surface area contributed by atoms with Gasteiger partial charge >= 0.3 is 11.8 Å². The highest BCUT2D eigenvalue weighted by atomic mass is 16.6. The Morgan fingerprint density at radius 2 is 2.03 bits per heavy atom. The van der Waals surface area contributed by atoms with Crippen LogP contribution in [0.3, 0.4) is 0 Å². The maximum absolute atomic E-state index is 12.3. The van der Waals surface area contributed by atoms with Crippen molar-refractivity contribution in [1.29, 1.82) is 0 Å². The molecular weight excluding hydrogens is 408 g/mol. The van der Waals surface area contributed by atoms with Gasteiger partial charge in [-0.15, -0.1) is 0 Å². The highest BCUT2D eigenvalue weighted by Crippen LogP contribution is 2.31. The molecule has 2 aliphatic heterocycles. The van der Waals surface area contributed by atoms with Crippen LogP contribution in [0.4, 0.5) is 22.3 Å². The Labute approximate surface area is 178 Å². The Kier molecular flexibility index (Phi) is 5.56. The Bertz CT molecular complexity index is 980. The Morgan fingerprint density at radius 3 is 2.71 bits per heavy atom. The number of morpholine rings is 1. The van der Waals surface area contributed by atoms with Crippen LogP contribution >= 0.6 is 0 Å². The first kappa shape index (κ1) is 21.1. The number of hydrogen-bond donors (Lipinski definition) is 1. The fourth-order valence-corrected chi connectivity index (χ4v) is 3.54. The van der Waals surface area contributed by atoms with E-state index in [0.29, 0.717) is 51.8 Å². The van der Waals surface area contributed by atoms with Crippen molar-refractivity contribution >= 4 is 34.8 Å². The van der Waals surface area contributed by atoms with E-state index in [-0.39, 0.29) is 28.8 Å². The maximum atomic E-state index is 12.3. The fourth-order valence-electron chi connectivity index (χ4n) is 3.54. The van der Waals surface area contributed by atoms with E-state index in [0.717, 1.165) is 0 Å². The molecule has 2 aliphatic rings. The monoisotopic (exact) mass is 434 g/mol. The number of carbonyl (C=O) groups excluding carboxylic acids is 1. The van der Waals surface area contributed by atoms with Gasteiger partial charge in [0.2, 0.25) is 11.5 Å². The number of nitrogens with one attached hydrogen (secondary N) is 1. The van der Waals surface area contributed by atoms with Gasteiger partial charge in [0.05, 0.1) is 24.2 Å². The number of aromatic nitrogens is 2. The van der Waals surface area contributed by atoms with Crippen LogP contribution in [-0.2, 0) is 9.47 Å². The van der Waals surface area contributed by atoms with E-state index < -0.39 is 16.6 Å². The zero-order chi connectivity index (χ0) is 22.2. The number of hydrogen-bond acceptors (Lipinski definition) is 10. The molecule has 0 bridgehead atoms. The maximum Gasteiger partial charge on any atom is 0.410 e. The summed E-state index contributed by atoms with van der Waals surface area (Å²) < 4.78 is 16.4. The molecular formula is C19H26N6O6. The summed E-state index contributed by atoms with van der Waals surface area (Å²) in [5.41, 5.74) is -0.246. The summed E-state index contributed by atoms with van der Waals surface area (Å²) in [4.78, 5) is 35.7. The van der Waals surface area contributed by atoms with Crippen LogP contribution in [0.15, 0.2) is 10.5 Å². The molecule has 1 amide bonds. The summed E-state index contributed by atoms with van der Waals surface area (Å²) in [6.07, 6.45) is 0.217. The van der Waals surface area contributed by atoms with Crippen molar-refractivity contribution in [2.45, 2.75) is 38.8 Å². The number of ether oxygens (including phenoxy) is 2. The number of likely N-dealkylation sites (tertiary alicyclic amines) is 1. The number of nitro groups is 1. The molecule has 2 aromatic heterocycles. The number of fused-ring (bicyclic) bond motifs is 1. The van der Waals surface area contributed by atoms with E-state index in [1.165, 1.54) is 6.07 Å². The van der Waals surface area contributed by atoms with E-state index in [2.05, 4.69) is 15.3 Å². The van der Waals surface area contributed by atoms with Gasteiger partial charge in [0, 0.05) is 32.2 Å². The lowest BCUT2D eigenvalue weighted by atomic mass is 10.2. The molecule has 0 aliphatic carbocycles. The van der Waals surface area contributed by atoms with Gasteiger partial charge in [0.25, 0.3) is 6.01 Å². The van der Waals surface area contributed by atoms with E-state index in [4.69, 9.17) is 13.9 Å². The Hall–Kier alpha value is -3.15. The molecule has 12 heteroatoms. The fraction of sp³-hybridized carbons (Fsp3) is 0.632. The highest BCUT2D eigenvalue weighted by molar-refractivity contribution is 5.78. The van der Waals surface area contributed by atoms with Gasteiger partial charge in [-0.1, -0.05) is 0 Å². The quantitative estimate of drug-likeness (QED) is 0.564. The third-order valence-corrected chi connectivity index (χ3v) is 5.01. The topological polar surface area (TPSA) is 136 Å². The SMILES string of the molecule is CC(C)(C)OC(=O)N1CCC(Nc2nc3nc(N4CCOCC4)oc3cc2[N+](=O)[O-])C1. The van der Waals surface area contributed by atoms with Crippen molar-refractivity contribution in [1.82, 2.24) is 14.9 Å². The Balaban J connectivity index is 1.52. The molecule has 0 saturated carbocycles. The van der Waals surface area contributed by atoms with Crippen molar-refractivity contribution < 1.29 is 23.6 Å². The first-order chi connectivity index (χ1) is 14.7. The minimum absolute atomic E-state index is 0.107. The molecule has 1 N–H and O–H groups in total. The molecule has 31 heavy (non-hydrogen) atoms. The van der Waals surface area contributed by atoms with Gasteiger partial charge < -0.3 is 29.0 Å². The molecule has 0 aromatic carbocycles. The van der Waals surface area contributed by atoms with Gasteiger partial charge in [0.1, 0.15) is 5.60 Å². The smallest absolute Gasteiger partial charge is 0.410 e. The third kappa shape index (κ3) is 4.79. The molecule has 2 aromatic rings. The zero-order valence-corrected chi connectivity index (χ0v) is 17.8. The summed E-state index contributed by atoms with van der Waals surface area (Å²) >= 11 is 0. The molecule has 4 heterocycles. The second kappa shape index (κ2) is 8.17. The molecule has 1 unspecified atom stereocenters. The second-order valence-electron chi connectivity index (χ2n) is 8.59. The molecule has 2 saturated heterocycles. The number of pyridine rings is 1. The molecule has 0 radical (unpaired) electrons. The van der Waals surface area contributed by atoms with Crippen molar-refractivity contribution in [2.24, 2.45) is 0 Å². The van der Waals surface area contributed by atoms with Gasteiger partial charge in [-0.2, -0.15) is 4.98 Å². The number of oxazole rings is 1. The van der Waals surface area contributed by atoms with Crippen LogP contribution in [0.1, 0.15) is 27.2 Å². The van der Waals surface area contributed by atoms with Crippen LogP contribution in [0.25, 0.3) is 11.2 Å². The number of anilines is 2. The number of carbonyl (C=O) groups is 1. The summed E-state index contributed by atoms with van der Waals surface area (Å²) in [6.45, 7) is 8.67. The van der Waals surface area contributed by atoms with Gasteiger partial charge in [-0.3, -0.25) is 10.1 Å². The Morgan fingerprint density at radius 1 is 1.29 bits per heavy atom. The molecule has 1 atom stereocenters. The zero-order valence-electron chi connectivity index (χ0n) is 17.8. The van der Waals surface area contributed by atoms with Crippen LogP contribution in [0.5, 0.6) is 0 Å². The molecule has 12 nitrogen and oxygen atoms in total. The molecule has 2 fully saturated rings. The van der Waals surface area contributed by atoms with Gasteiger partial charge in [-0.05, 0) is 27.2 Å². The van der Waals surface area contributed by atoms with Crippen LogP contribution < -0.4 is 10.2 Å². The lowest BCUT2D eigenvalue weighted by molar-refractivity contribution is -0.384. The van der Waals surface area contributed by atoms with E-state index in [9.17, 15) is 14.9 Å². The molecule has 4 rings (SSSR count). The molecule has 168 valence electrons. The largest absolute Gasteiger partial charge is 0.444 e.